The third kappa shape index (κ3) is 3.70. The number of carbonyl (C=O) groups is 1. The molecule has 1 aromatic rings. The number of carbonyl (C=O) groups excluding carboxylic acids is 1. The van der Waals surface area contributed by atoms with Gasteiger partial charge in [-0.05, 0) is 12.1 Å². The zero-order valence-electron chi connectivity index (χ0n) is 9.82. The number of rotatable bonds is 5. The highest BCUT2D eigenvalue weighted by Gasteiger charge is 2.14. The average Bonchev–Trinajstić information content (AvgIpc) is 2.35. The largest absolute Gasteiger partial charge is 0.478 e. The van der Waals surface area contributed by atoms with Gasteiger partial charge in [-0.1, -0.05) is 6.07 Å². The van der Waals surface area contributed by atoms with Crippen LogP contribution in [0.1, 0.15) is 6.42 Å². The lowest BCUT2D eigenvalue weighted by Crippen LogP contribution is -2.32. The first kappa shape index (κ1) is 13.9. The van der Waals surface area contributed by atoms with Crippen molar-refractivity contribution in [2.75, 3.05) is 20.2 Å². The highest BCUT2D eigenvalue weighted by atomic mass is 19.1. The molecule has 0 aromatic heterocycles. The van der Waals surface area contributed by atoms with Crippen LogP contribution in [0.3, 0.4) is 0 Å². The van der Waals surface area contributed by atoms with Crippen LogP contribution < -0.4 is 4.74 Å². The van der Waals surface area contributed by atoms with Crippen LogP contribution in [0.25, 0.3) is 0 Å². The Morgan fingerprint density at radius 3 is 2.61 bits per heavy atom. The van der Waals surface area contributed by atoms with Gasteiger partial charge >= 0.3 is 0 Å². The minimum atomic E-state index is -0.859. The molecule has 1 aromatic carbocycles. The number of nitrogens with zero attached hydrogens (tertiary/aromatic N) is 2. The van der Waals surface area contributed by atoms with Crippen LogP contribution in [-0.4, -0.2) is 31.0 Å². The summed E-state index contributed by atoms with van der Waals surface area (Å²) in [6.07, 6.45) is 0.191. The molecule has 0 heterocycles. The van der Waals surface area contributed by atoms with Crippen molar-refractivity contribution in [1.82, 2.24) is 4.90 Å². The number of para-hydroxylation sites is 1. The van der Waals surface area contributed by atoms with Crippen LogP contribution in [0.4, 0.5) is 8.78 Å². The number of likely N-dealkylation sites (N-methyl/N-ethyl adjacent to an activating group) is 1. The van der Waals surface area contributed by atoms with E-state index in [-0.39, 0.29) is 13.0 Å². The lowest BCUT2D eigenvalue weighted by Gasteiger charge is -2.16. The Morgan fingerprint density at radius 1 is 1.44 bits per heavy atom. The Labute approximate surface area is 103 Å². The second kappa shape index (κ2) is 6.55. The maximum absolute atomic E-state index is 13.2. The van der Waals surface area contributed by atoms with Crippen LogP contribution in [0.15, 0.2) is 18.2 Å². The van der Waals surface area contributed by atoms with Crippen molar-refractivity contribution in [2.24, 2.45) is 0 Å². The van der Waals surface area contributed by atoms with E-state index >= 15 is 0 Å². The van der Waals surface area contributed by atoms with E-state index in [0.717, 1.165) is 12.1 Å². The van der Waals surface area contributed by atoms with Crippen molar-refractivity contribution >= 4 is 5.91 Å². The molecule has 0 aliphatic rings. The Hall–Kier alpha value is -2.16. The number of nitriles is 1. The molecular weight excluding hydrogens is 242 g/mol. The van der Waals surface area contributed by atoms with Gasteiger partial charge in [0.15, 0.2) is 24.0 Å². The molecule has 0 aliphatic carbocycles. The number of ether oxygens (including phenoxy) is 1. The topological polar surface area (TPSA) is 53.3 Å². The molecular formula is C12H12F2N2O2. The summed E-state index contributed by atoms with van der Waals surface area (Å²) in [5.74, 6) is -2.74. The summed E-state index contributed by atoms with van der Waals surface area (Å²) in [4.78, 5) is 12.8. The van der Waals surface area contributed by atoms with Gasteiger partial charge in [-0.15, -0.1) is 0 Å². The van der Waals surface area contributed by atoms with Crippen molar-refractivity contribution in [3.8, 4) is 11.8 Å². The summed E-state index contributed by atoms with van der Waals surface area (Å²) in [5, 5.41) is 8.36. The number of amides is 1. The van der Waals surface area contributed by atoms with Crippen LogP contribution in [0.5, 0.6) is 5.75 Å². The van der Waals surface area contributed by atoms with Gasteiger partial charge in [0.25, 0.3) is 5.91 Å². The van der Waals surface area contributed by atoms with Gasteiger partial charge in [0, 0.05) is 13.6 Å². The first-order valence-electron chi connectivity index (χ1n) is 5.24. The van der Waals surface area contributed by atoms with Crippen molar-refractivity contribution < 1.29 is 18.3 Å². The standard InChI is InChI=1S/C12H12F2N2O2/c1-16(7-3-6-15)11(17)8-18-12-9(13)4-2-5-10(12)14/h2,4-5H,3,7-8H2,1H3. The summed E-state index contributed by atoms with van der Waals surface area (Å²) < 4.78 is 31.1. The summed E-state index contributed by atoms with van der Waals surface area (Å²) in [7, 11) is 1.49. The molecule has 0 bridgehead atoms. The van der Waals surface area contributed by atoms with Gasteiger partial charge in [-0.2, -0.15) is 5.26 Å². The second-order valence-electron chi connectivity index (χ2n) is 3.56. The monoisotopic (exact) mass is 254 g/mol. The molecule has 0 radical (unpaired) electrons. The van der Waals surface area contributed by atoms with Gasteiger partial charge in [0.2, 0.25) is 0 Å². The highest BCUT2D eigenvalue weighted by Crippen LogP contribution is 2.20. The molecule has 0 atom stereocenters. The predicted octanol–water partition coefficient (Wildman–Crippen LogP) is 1.72. The lowest BCUT2D eigenvalue weighted by molar-refractivity contribution is -0.132. The molecule has 1 rings (SSSR count). The molecule has 1 amide bonds. The van der Waals surface area contributed by atoms with E-state index in [1.165, 1.54) is 18.0 Å². The third-order valence-electron chi connectivity index (χ3n) is 2.24. The van der Waals surface area contributed by atoms with E-state index in [1.54, 1.807) is 0 Å². The fourth-order valence-electron chi connectivity index (χ4n) is 1.21. The van der Waals surface area contributed by atoms with Crippen molar-refractivity contribution in [2.45, 2.75) is 6.42 Å². The third-order valence-corrected chi connectivity index (χ3v) is 2.24. The Kier molecular flexibility index (Phi) is 5.06. The highest BCUT2D eigenvalue weighted by molar-refractivity contribution is 5.77. The van der Waals surface area contributed by atoms with E-state index in [1.807, 2.05) is 6.07 Å². The zero-order valence-corrected chi connectivity index (χ0v) is 9.82. The van der Waals surface area contributed by atoms with E-state index in [4.69, 9.17) is 10.00 Å². The lowest BCUT2D eigenvalue weighted by atomic mass is 10.3. The second-order valence-corrected chi connectivity index (χ2v) is 3.56. The van der Waals surface area contributed by atoms with E-state index < -0.39 is 29.9 Å². The fourth-order valence-corrected chi connectivity index (χ4v) is 1.21. The molecule has 0 fully saturated rings. The quantitative estimate of drug-likeness (QED) is 0.803. The molecule has 0 saturated carbocycles. The maximum Gasteiger partial charge on any atom is 0.260 e. The fraction of sp³-hybridized carbons (Fsp3) is 0.333. The summed E-state index contributed by atoms with van der Waals surface area (Å²) in [6.45, 7) is -0.224. The maximum atomic E-state index is 13.2. The minimum Gasteiger partial charge on any atom is -0.478 e. The SMILES string of the molecule is CN(CCC#N)C(=O)COc1c(F)cccc1F. The summed E-state index contributed by atoms with van der Waals surface area (Å²) >= 11 is 0. The number of hydrogen-bond acceptors (Lipinski definition) is 3. The normalized spacial score (nSPS) is 9.67. The minimum absolute atomic E-state index is 0.191. The van der Waals surface area contributed by atoms with Gasteiger partial charge in [-0.25, -0.2) is 8.78 Å². The number of halogens is 2. The molecule has 96 valence electrons. The molecule has 0 unspecified atom stereocenters. The molecule has 0 aliphatic heterocycles. The summed E-state index contributed by atoms with van der Waals surface area (Å²) in [5.41, 5.74) is 0. The van der Waals surface area contributed by atoms with Crippen LogP contribution in [0, 0.1) is 23.0 Å². The van der Waals surface area contributed by atoms with Gasteiger partial charge in [-0.3, -0.25) is 4.79 Å². The molecule has 0 N–H and O–H groups in total. The Morgan fingerprint density at radius 2 is 2.06 bits per heavy atom. The summed E-state index contributed by atoms with van der Waals surface area (Å²) in [6, 6.07) is 5.19. The zero-order chi connectivity index (χ0) is 13.5. The molecule has 4 nitrogen and oxygen atoms in total. The molecule has 0 spiro atoms. The van der Waals surface area contributed by atoms with Crippen LogP contribution in [0.2, 0.25) is 0 Å². The van der Waals surface area contributed by atoms with Crippen molar-refractivity contribution in [3.05, 3.63) is 29.8 Å². The van der Waals surface area contributed by atoms with E-state index in [0.29, 0.717) is 0 Å². The first-order valence-corrected chi connectivity index (χ1v) is 5.24. The Balaban J connectivity index is 2.55. The van der Waals surface area contributed by atoms with Crippen LogP contribution in [-0.2, 0) is 4.79 Å². The van der Waals surface area contributed by atoms with E-state index in [9.17, 15) is 13.6 Å². The number of benzene rings is 1. The predicted molar refractivity (Wildman–Crippen MR) is 59.7 cm³/mol. The van der Waals surface area contributed by atoms with Crippen molar-refractivity contribution in [3.63, 3.8) is 0 Å². The Bertz CT molecular complexity index is 451. The van der Waals surface area contributed by atoms with Gasteiger partial charge in [0.1, 0.15) is 0 Å². The number of hydrogen-bond donors (Lipinski definition) is 0. The molecule has 6 heteroatoms. The van der Waals surface area contributed by atoms with Crippen molar-refractivity contribution in [1.29, 1.82) is 5.26 Å². The van der Waals surface area contributed by atoms with Crippen LogP contribution >= 0.6 is 0 Å². The first-order chi connectivity index (χ1) is 8.56. The van der Waals surface area contributed by atoms with E-state index in [2.05, 4.69) is 0 Å². The smallest absolute Gasteiger partial charge is 0.260 e. The molecule has 18 heavy (non-hydrogen) atoms. The van der Waals surface area contributed by atoms with Gasteiger partial charge < -0.3 is 9.64 Å². The molecule has 0 saturated heterocycles. The van der Waals surface area contributed by atoms with Gasteiger partial charge in [0.05, 0.1) is 12.5 Å². The average molecular weight is 254 g/mol.